The topological polar surface area (TPSA) is 45.5 Å². The molecule has 2 heterocycles. The number of aromatic nitrogens is 1. The van der Waals surface area contributed by atoms with Crippen LogP contribution < -0.4 is 4.90 Å². The van der Waals surface area contributed by atoms with Crippen molar-refractivity contribution in [3.8, 4) is 11.1 Å². The number of benzene rings is 2. The van der Waals surface area contributed by atoms with Gasteiger partial charge >= 0.3 is 12.1 Å². The number of aliphatic carboxylic acids is 1. The number of hydrogen-bond acceptors (Lipinski definition) is 2. The molecule has 0 aliphatic carbocycles. The zero-order valence-electron chi connectivity index (χ0n) is 16.4. The lowest BCUT2D eigenvalue weighted by molar-refractivity contribution is -0.138. The van der Waals surface area contributed by atoms with Gasteiger partial charge < -0.3 is 14.6 Å². The summed E-state index contributed by atoms with van der Waals surface area (Å²) in [4.78, 5) is 13.7. The Morgan fingerprint density at radius 1 is 1.14 bits per heavy atom. The monoisotopic (exact) mass is 402 g/mol. The minimum Gasteiger partial charge on any atom is -0.481 e. The molecular weight excluding hydrogens is 381 g/mol. The van der Waals surface area contributed by atoms with Crippen molar-refractivity contribution in [3.63, 3.8) is 0 Å². The average Bonchev–Trinajstić information content (AvgIpc) is 2.96. The van der Waals surface area contributed by atoms with Crippen molar-refractivity contribution < 1.29 is 23.1 Å². The Labute approximate surface area is 166 Å². The smallest absolute Gasteiger partial charge is 0.416 e. The number of carboxylic acids is 1. The van der Waals surface area contributed by atoms with Crippen LogP contribution in [0.3, 0.4) is 0 Å². The van der Waals surface area contributed by atoms with Gasteiger partial charge in [0.05, 0.1) is 23.2 Å². The number of hydrogen-bond donors (Lipinski definition) is 1. The summed E-state index contributed by atoms with van der Waals surface area (Å²) in [6.07, 6.45) is -4.61. The quantitative estimate of drug-likeness (QED) is 0.669. The van der Waals surface area contributed by atoms with Crippen LogP contribution >= 0.6 is 0 Å². The molecule has 0 unspecified atom stereocenters. The molecule has 1 aromatic heterocycles. The Hall–Kier alpha value is -2.96. The number of likely N-dealkylation sites (N-methyl/N-ethyl adjacent to an activating group) is 1. The van der Waals surface area contributed by atoms with E-state index in [2.05, 4.69) is 9.47 Å². The maximum Gasteiger partial charge on any atom is 0.416 e. The van der Waals surface area contributed by atoms with Crippen LogP contribution in [0.15, 0.2) is 30.3 Å². The van der Waals surface area contributed by atoms with Crippen LogP contribution in [0.2, 0.25) is 0 Å². The van der Waals surface area contributed by atoms with Gasteiger partial charge in [0.1, 0.15) is 0 Å². The van der Waals surface area contributed by atoms with Crippen molar-refractivity contribution in [2.24, 2.45) is 0 Å². The number of anilines is 1. The van der Waals surface area contributed by atoms with Crippen molar-refractivity contribution in [1.29, 1.82) is 0 Å². The van der Waals surface area contributed by atoms with Gasteiger partial charge in [-0.05, 0) is 54.3 Å². The number of carbonyl (C=O) groups is 1. The third-order valence-corrected chi connectivity index (χ3v) is 5.78. The molecule has 2 aromatic carbocycles. The highest BCUT2D eigenvalue weighted by molar-refractivity contribution is 6.07. The molecule has 4 rings (SSSR count). The van der Waals surface area contributed by atoms with Crippen molar-refractivity contribution >= 4 is 22.6 Å². The average molecular weight is 402 g/mol. The highest BCUT2D eigenvalue weighted by atomic mass is 19.4. The summed E-state index contributed by atoms with van der Waals surface area (Å²) in [6, 6.07) is 6.98. The molecule has 152 valence electrons. The third-order valence-electron chi connectivity index (χ3n) is 5.78. The molecule has 0 spiro atoms. The van der Waals surface area contributed by atoms with E-state index in [0.29, 0.717) is 16.7 Å². The number of aryl methyl sites for hydroxylation is 1. The number of nitrogens with zero attached hydrogens (tertiary/aromatic N) is 2. The maximum atomic E-state index is 13.0. The zero-order valence-corrected chi connectivity index (χ0v) is 16.4. The van der Waals surface area contributed by atoms with Gasteiger partial charge in [-0.25, -0.2) is 0 Å². The van der Waals surface area contributed by atoms with Crippen LogP contribution in [-0.4, -0.2) is 29.2 Å². The second-order valence-electron chi connectivity index (χ2n) is 7.59. The number of carboxylic acid groups (broad SMARTS) is 1. The Balaban J connectivity index is 2.06. The lowest BCUT2D eigenvalue weighted by Gasteiger charge is -2.31. The minimum atomic E-state index is -4.42. The summed E-state index contributed by atoms with van der Waals surface area (Å²) in [5.41, 5.74) is 5.13. The minimum absolute atomic E-state index is 0.191. The molecule has 0 saturated carbocycles. The van der Waals surface area contributed by atoms with E-state index >= 15 is 0 Å². The van der Waals surface area contributed by atoms with E-state index in [4.69, 9.17) is 0 Å². The second kappa shape index (κ2) is 6.54. The molecule has 0 fully saturated rings. The molecule has 1 aliphatic heterocycles. The van der Waals surface area contributed by atoms with Gasteiger partial charge in [0.2, 0.25) is 0 Å². The van der Waals surface area contributed by atoms with Crippen molar-refractivity contribution in [2.75, 3.05) is 18.5 Å². The summed E-state index contributed by atoms with van der Waals surface area (Å²) in [6.45, 7) is 5.51. The van der Waals surface area contributed by atoms with Crippen molar-refractivity contribution in [1.82, 2.24) is 4.57 Å². The standard InChI is InChI=1S/C22H21F3N2O2/c1-12-10-17-19(14-4-6-15(7-5-14)22(23,24)25)16(11-18(28)29)13(2)20-21(17)27(12)9-8-26(20)3/h4-7,10H,8-9,11H2,1-3H3,(H,28,29). The molecule has 7 heteroatoms. The second-order valence-corrected chi connectivity index (χ2v) is 7.59. The lowest BCUT2D eigenvalue weighted by atomic mass is 9.88. The van der Waals surface area contributed by atoms with Crippen LogP contribution in [0.5, 0.6) is 0 Å². The van der Waals surface area contributed by atoms with Gasteiger partial charge in [0, 0.05) is 31.2 Å². The predicted molar refractivity (Wildman–Crippen MR) is 106 cm³/mol. The fourth-order valence-electron chi connectivity index (χ4n) is 4.44. The Bertz CT molecular complexity index is 1130. The summed E-state index contributed by atoms with van der Waals surface area (Å²) < 4.78 is 41.2. The Morgan fingerprint density at radius 3 is 2.38 bits per heavy atom. The van der Waals surface area contributed by atoms with E-state index in [1.54, 1.807) is 0 Å². The first-order valence-electron chi connectivity index (χ1n) is 9.35. The van der Waals surface area contributed by atoms with Gasteiger partial charge in [0.15, 0.2) is 0 Å². The molecule has 0 amide bonds. The van der Waals surface area contributed by atoms with Crippen LogP contribution in [0.25, 0.3) is 22.0 Å². The van der Waals surface area contributed by atoms with Gasteiger partial charge in [-0.1, -0.05) is 12.1 Å². The summed E-state index contributed by atoms with van der Waals surface area (Å²) >= 11 is 0. The first-order chi connectivity index (χ1) is 13.6. The molecule has 1 aliphatic rings. The van der Waals surface area contributed by atoms with E-state index in [9.17, 15) is 23.1 Å². The summed E-state index contributed by atoms with van der Waals surface area (Å²) in [5, 5.41) is 10.4. The van der Waals surface area contributed by atoms with Gasteiger partial charge in [-0.3, -0.25) is 4.79 Å². The molecule has 0 atom stereocenters. The van der Waals surface area contributed by atoms with E-state index in [0.717, 1.165) is 53.1 Å². The molecule has 0 radical (unpaired) electrons. The van der Waals surface area contributed by atoms with Crippen molar-refractivity contribution in [3.05, 3.63) is 52.7 Å². The van der Waals surface area contributed by atoms with Crippen LogP contribution in [0.1, 0.15) is 22.4 Å². The summed E-state index contributed by atoms with van der Waals surface area (Å²) in [5.74, 6) is -0.970. The SMILES string of the molecule is Cc1c(CC(=O)O)c(-c2ccc(C(F)(F)F)cc2)c2cc(C)n3c2c1N(C)CC3. The largest absolute Gasteiger partial charge is 0.481 e. The molecular formula is C22H21F3N2O2. The predicted octanol–water partition coefficient (Wildman–Crippen LogP) is 5.02. The van der Waals surface area contributed by atoms with E-state index in [1.165, 1.54) is 12.1 Å². The fraction of sp³-hybridized carbons (Fsp3) is 0.318. The lowest BCUT2D eigenvalue weighted by Crippen LogP contribution is -2.29. The van der Waals surface area contributed by atoms with Crippen LogP contribution in [0.4, 0.5) is 18.9 Å². The van der Waals surface area contributed by atoms with Gasteiger partial charge in [0.25, 0.3) is 0 Å². The van der Waals surface area contributed by atoms with Gasteiger partial charge in [-0.15, -0.1) is 0 Å². The fourth-order valence-corrected chi connectivity index (χ4v) is 4.44. The highest BCUT2D eigenvalue weighted by Gasteiger charge is 2.31. The molecule has 1 N–H and O–H groups in total. The maximum absolute atomic E-state index is 13.0. The normalized spacial score (nSPS) is 13.9. The van der Waals surface area contributed by atoms with E-state index in [1.807, 2.05) is 27.0 Å². The molecule has 3 aromatic rings. The van der Waals surface area contributed by atoms with Crippen molar-refractivity contribution in [2.45, 2.75) is 33.0 Å². The molecule has 0 bridgehead atoms. The van der Waals surface area contributed by atoms with Crippen LogP contribution in [0, 0.1) is 13.8 Å². The first-order valence-corrected chi connectivity index (χ1v) is 9.35. The van der Waals surface area contributed by atoms with E-state index < -0.39 is 17.7 Å². The number of rotatable bonds is 3. The number of halogens is 3. The molecule has 4 nitrogen and oxygen atoms in total. The number of alkyl halides is 3. The van der Waals surface area contributed by atoms with Crippen LogP contribution in [-0.2, 0) is 23.9 Å². The van der Waals surface area contributed by atoms with E-state index in [-0.39, 0.29) is 6.42 Å². The first kappa shape index (κ1) is 19.4. The highest BCUT2D eigenvalue weighted by Crippen LogP contribution is 2.44. The molecule has 29 heavy (non-hydrogen) atoms. The summed E-state index contributed by atoms with van der Waals surface area (Å²) in [7, 11) is 1.98. The molecule has 0 saturated heterocycles. The third kappa shape index (κ3) is 3.05. The Morgan fingerprint density at radius 2 is 1.79 bits per heavy atom. The van der Waals surface area contributed by atoms with Gasteiger partial charge in [-0.2, -0.15) is 13.2 Å². The zero-order chi connectivity index (χ0) is 21.1. The Kier molecular flexibility index (Phi) is 4.37.